The summed E-state index contributed by atoms with van der Waals surface area (Å²) < 4.78 is 0. The molecule has 5 nitrogen and oxygen atoms in total. The fourth-order valence-electron chi connectivity index (χ4n) is 1.39. The Morgan fingerprint density at radius 3 is 2.94 bits per heavy atom. The predicted octanol–water partition coefficient (Wildman–Crippen LogP) is 1.09. The molecule has 2 N–H and O–H groups in total. The van der Waals surface area contributed by atoms with Gasteiger partial charge in [-0.1, -0.05) is 6.92 Å². The zero-order valence-electron chi connectivity index (χ0n) is 10.7. The third-order valence-corrected chi connectivity index (χ3v) is 2.40. The van der Waals surface area contributed by atoms with Crippen molar-refractivity contribution in [3.63, 3.8) is 0 Å². The van der Waals surface area contributed by atoms with Crippen LogP contribution in [-0.4, -0.2) is 38.1 Å². The fraction of sp³-hybridized carbons (Fsp3) is 0.500. The quantitative estimate of drug-likeness (QED) is 0.776. The molecule has 0 bridgehead atoms. The molecule has 0 saturated heterocycles. The Bertz CT molecular complexity index is 367. The molecule has 1 amide bonds. The van der Waals surface area contributed by atoms with Gasteiger partial charge in [0.25, 0.3) is 0 Å². The lowest BCUT2D eigenvalue weighted by atomic mass is 10.3. The van der Waals surface area contributed by atoms with Crippen LogP contribution in [0.1, 0.15) is 13.3 Å². The molecule has 1 rings (SSSR count). The molecule has 1 aromatic heterocycles. The van der Waals surface area contributed by atoms with Crippen molar-refractivity contribution in [1.82, 2.24) is 10.3 Å². The van der Waals surface area contributed by atoms with E-state index in [-0.39, 0.29) is 5.91 Å². The van der Waals surface area contributed by atoms with Gasteiger partial charge in [0.1, 0.15) is 5.82 Å². The van der Waals surface area contributed by atoms with Crippen molar-refractivity contribution in [2.24, 2.45) is 0 Å². The highest BCUT2D eigenvalue weighted by Gasteiger charge is 2.06. The molecule has 0 fully saturated rings. The lowest BCUT2D eigenvalue weighted by Crippen LogP contribution is -2.32. The van der Waals surface area contributed by atoms with Crippen LogP contribution < -0.4 is 15.5 Å². The number of amides is 1. The Balaban J connectivity index is 2.66. The number of hydrogen-bond donors (Lipinski definition) is 2. The molecule has 0 aromatic carbocycles. The fourth-order valence-corrected chi connectivity index (χ4v) is 1.39. The molecule has 0 atom stereocenters. The lowest BCUT2D eigenvalue weighted by Gasteiger charge is -2.18. The molecular formula is C12H20N4O. The van der Waals surface area contributed by atoms with Crippen LogP contribution >= 0.6 is 0 Å². The molecule has 0 aliphatic carbocycles. The number of nitrogens with zero attached hydrogens (tertiary/aromatic N) is 2. The van der Waals surface area contributed by atoms with Gasteiger partial charge in [-0.3, -0.25) is 4.79 Å². The first kappa shape index (κ1) is 13.3. The number of carbonyl (C=O) groups is 1. The Morgan fingerprint density at radius 2 is 2.29 bits per heavy atom. The third-order valence-electron chi connectivity index (χ3n) is 2.40. The molecule has 1 aromatic rings. The van der Waals surface area contributed by atoms with E-state index in [2.05, 4.69) is 22.5 Å². The SMILES string of the molecule is CCCNc1cc(N(C)CC(=O)NC)ccn1. The summed E-state index contributed by atoms with van der Waals surface area (Å²) >= 11 is 0. The first-order chi connectivity index (χ1) is 8.17. The maximum absolute atomic E-state index is 11.3. The molecule has 0 aliphatic rings. The standard InChI is InChI=1S/C12H20N4O/c1-4-6-14-11-8-10(5-7-15-11)16(3)9-12(17)13-2/h5,7-8H,4,6,9H2,1-3H3,(H,13,17)(H,14,15). The van der Waals surface area contributed by atoms with E-state index in [0.29, 0.717) is 6.54 Å². The summed E-state index contributed by atoms with van der Waals surface area (Å²) in [5, 5.41) is 5.82. The van der Waals surface area contributed by atoms with Gasteiger partial charge in [0, 0.05) is 38.6 Å². The van der Waals surface area contributed by atoms with Gasteiger partial charge in [0.15, 0.2) is 0 Å². The zero-order valence-corrected chi connectivity index (χ0v) is 10.7. The monoisotopic (exact) mass is 236 g/mol. The van der Waals surface area contributed by atoms with Crippen LogP contribution in [0.2, 0.25) is 0 Å². The van der Waals surface area contributed by atoms with Crippen LogP contribution in [0.3, 0.4) is 0 Å². The van der Waals surface area contributed by atoms with Crippen molar-refractivity contribution in [2.75, 3.05) is 37.4 Å². The summed E-state index contributed by atoms with van der Waals surface area (Å²) in [5.41, 5.74) is 0.974. The Labute approximate surface area is 102 Å². The summed E-state index contributed by atoms with van der Waals surface area (Å²) in [6.07, 6.45) is 2.80. The van der Waals surface area contributed by atoms with E-state index in [1.807, 2.05) is 24.1 Å². The Hall–Kier alpha value is -1.78. The minimum absolute atomic E-state index is 0.00706. The summed E-state index contributed by atoms with van der Waals surface area (Å²) in [6.45, 7) is 3.35. The van der Waals surface area contributed by atoms with E-state index >= 15 is 0 Å². The lowest BCUT2D eigenvalue weighted by molar-refractivity contribution is -0.119. The van der Waals surface area contributed by atoms with Crippen LogP contribution in [0, 0.1) is 0 Å². The van der Waals surface area contributed by atoms with Gasteiger partial charge in [-0.05, 0) is 12.5 Å². The van der Waals surface area contributed by atoms with E-state index in [0.717, 1.165) is 24.5 Å². The third kappa shape index (κ3) is 4.30. The number of hydrogen-bond acceptors (Lipinski definition) is 4. The molecule has 1 heterocycles. The maximum atomic E-state index is 11.3. The summed E-state index contributed by atoms with van der Waals surface area (Å²) in [4.78, 5) is 17.4. The predicted molar refractivity (Wildman–Crippen MR) is 70.4 cm³/mol. The molecule has 0 radical (unpaired) electrons. The van der Waals surface area contributed by atoms with Gasteiger partial charge in [-0.25, -0.2) is 4.98 Å². The summed E-state index contributed by atoms with van der Waals surface area (Å²) in [5.74, 6) is 0.834. The average molecular weight is 236 g/mol. The van der Waals surface area contributed by atoms with Crippen LogP contribution in [0.25, 0.3) is 0 Å². The number of nitrogens with one attached hydrogen (secondary N) is 2. The van der Waals surface area contributed by atoms with Gasteiger partial charge in [-0.15, -0.1) is 0 Å². The Morgan fingerprint density at radius 1 is 1.53 bits per heavy atom. The normalized spacial score (nSPS) is 9.82. The molecular weight excluding hydrogens is 216 g/mol. The van der Waals surface area contributed by atoms with E-state index in [4.69, 9.17) is 0 Å². The van der Waals surface area contributed by atoms with Crippen molar-refractivity contribution in [2.45, 2.75) is 13.3 Å². The molecule has 94 valence electrons. The molecule has 0 aliphatic heterocycles. The summed E-state index contributed by atoms with van der Waals surface area (Å²) in [7, 11) is 3.52. The minimum Gasteiger partial charge on any atom is -0.370 e. The van der Waals surface area contributed by atoms with Crippen LogP contribution in [-0.2, 0) is 4.79 Å². The molecule has 5 heteroatoms. The van der Waals surface area contributed by atoms with E-state index < -0.39 is 0 Å². The number of pyridine rings is 1. The van der Waals surface area contributed by atoms with Gasteiger partial charge in [0.2, 0.25) is 5.91 Å². The average Bonchev–Trinajstić information content (AvgIpc) is 2.36. The highest BCUT2D eigenvalue weighted by molar-refractivity contribution is 5.81. The van der Waals surface area contributed by atoms with E-state index in [9.17, 15) is 4.79 Å². The largest absolute Gasteiger partial charge is 0.370 e. The van der Waals surface area contributed by atoms with Gasteiger partial charge < -0.3 is 15.5 Å². The van der Waals surface area contributed by atoms with Gasteiger partial charge in [-0.2, -0.15) is 0 Å². The smallest absolute Gasteiger partial charge is 0.239 e. The van der Waals surface area contributed by atoms with Crippen molar-refractivity contribution in [3.05, 3.63) is 18.3 Å². The molecule has 17 heavy (non-hydrogen) atoms. The zero-order chi connectivity index (χ0) is 12.7. The molecule has 0 spiro atoms. The van der Waals surface area contributed by atoms with Gasteiger partial charge in [0.05, 0.1) is 6.54 Å². The van der Waals surface area contributed by atoms with Crippen LogP contribution in [0.5, 0.6) is 0 Å². The highest BCUT2D eigenvalue weighted by Crippen LogP contribution is 2.15. The Kier molecular flexibility index (Phi) is 5.26. The number of carbonyl (C=O) groups excluding carboxylic acids is 1. The molecule has 0 unspecified atom stereocenters. The number of likely N-dealkylation sites (N-methyl/N-ethyl adjacent to an activating group) is 2. The minimum atomic E-state index is -0.00706. The number of aromatic nitrogens is 1. The summed E-state index contributed by atoms with van der Waals surface area (Å²) in [6, 6.07) is 3.83. The second kappa shape index (κ2) is 6.73. The second-order valence-corrected chi connectivity index (χ2v) is 3.86. The highest BCUT2D eigenvalue weighted by atomic mass is 16.1. The van der Waals surface area contributed by atoms with Crippen molar-refractivity contribution >= 4 is 17.4 Å². The first-order valence-corrected chi connectivity index (χ1v) is 5.79. The second-order valence-electron chi connectivity index (χ2n) is 3.86. The molecule has 0 saturated carbocycles. The number of rotatable bonds is 6. The van der Waals surface area contributed by atoms with Crippen molar-refractivity contribution < 1.29 is 4.79 Å². The van der Waals surface area contributed by atoms with Gasteiger partial charge >= 0.3 is 0 Å². The van der Waals surface area contributed by atoms with Crippen LogP contribution in [0.15, 0.2) is 18.3 Å². The van der Waals surface area contributed by atoms with E-state index in [1.54, 1.807) is 13.2 Å². The van der Waals surface area contributed by atoms with Crippen LogP contribution in [0.4, 0.5) is 11.5 Å². The number of anilines is 2. The van der Waals surface area contributed by atoms with Crippen molar-refractivity contribution in [3.8, 4) is 0 Å². The van der Waals surface area contributed by atoms with E-state index in [1.165, 1.54) is 0 Å². The maximum Gasteiger partial charge on any atom is 0.239 e. The van der Waals surface area contributed by atoms with Crippen molar-refractivity contribution in [1.29, 1.82) is 0 Å². The first-order valence-electron chi connectivity index (χ1n) is 5.79. The topological polar surface area (TPSA) is 57.3 Å².